The number of hydrogen-bond acceptors (Lipinski definition) is 4. The third-order valence-corrected chi connectivity index (χ3v) is 3.64. The van der Waals surface area contributed by atoms with Gasteiger partial charge in [-0.25, -0.2) is 14.6 Å². The van der Waals surface area contributed by atoms with Crippen molar-refractivity contribution in [2.45, 2.75) is 51.9 Å². The van der Waals surface area contributed by atoms with E-state index < -0.39 is 0 Å². The molecule has 2 aromatic heterocycles. The zero-order valence-corrected chi connectivity index (χ0v) is 13.0. The van der Waals surface area contributed by atoms with Crippen molar-refractivity contribution in [2.24, 2.45) is 0 Å². The van der Waals surface area contributed by atoms with Gasteiger partial charge >= 0.3 is 0 Å². The fraction of sp³-hybridized carbons (Fsp3) is 0.562. The van der Waals surface area contributed by atoms with Crippen LogP contribution in [0.4, 0.5) is 5.82 Å². The van der Waals surface area contributed by atoms with Gasteiger partial charge in [0.1, 0.15) is 11.6 Å². The molecule has 21 heavy (non-hydrogen) atoms. The van der Waals surface area contributed by atoms with Crippen molar-refractivity contribution in [2.75, 3.05) is 11.9 Å². The second-order valence-electron chi connectivity index (χ2n) is 6.01. The Bertz CT molecular complexity index is 613. The van der Waals surface area contributed by atoms with Crippen molar-refractivity contribution in [3.8, 4) is 5.82 Å². The van der Waals surface area contributed by atoms with Gasteiger partial charge in [-0.15, -0.1) is 0 Å². The lowest BCUT2D eigenvalue weighted by molar-refractivity contribution is 0.739. The van der Waals surface area contributed by atoms with Crippen LogP contribution in [0.5, 0.6) is 0 Å². The maximum absolute atomic E-state index is 4.66. The van der Waals surface area contributed by atoms with Crippen molar-refractivity contribution < 1.29 is 0 Å². The molecule has 2 heterocycles. The first-order chi connectivity index (χ1) is 10.2. The Morgan fingerprint density at radius 3 is 2.81 bits per heavy atom. The van der Waals surface area contributed by atoms with Crippen LogP contribution in [-0.2, 0) is 0 Å². The molecule has 5 heteroatoms. The van der Waals surface area contributed by atoms with Crippen LogP contribution in [0.15, 0.2) is 18.3 Å². The van der Waals surface area contributed by atoms with Crippen LogP contribution in [0.2, 0.25) is 0 Å². The summed E-state index contributed by atoms with van der Waals surface area (Å²) in [5, 5.41) is 8.01. The standard InChI is InChI=1S/C16H23N5/c1-4-8-17-14-10-15(19-16(18-14)11(2)3)21-9-7-13(20-21)12-5-6-12/h7,9-12H,4-6,8H2,1-3H3,(H,17,18,19). The molecule has 1 N–H and O–H groups in total. The number of aromatic nitrogens is 4. The molecule has 0 atom stereocenters. The number of hydrogen-bond donors (Lipinski definition) is 1. The van der Waals surface area contributed by atoms with E-state index in [-0.39, 0.29) is 0 Å². The SMILES string of the molecule is CCCNc1cc(-n2ccc(C3CC3)n2)nc(C(C)C)n1. The monoisotopic (exact) mass is 285 g/mol. The molecule has 0 aromatic carbocycles. The normalized spacial score (nSPS) is 14.7. The van der Waals surface area contributed by atoms with Crippen LogP contribution in [0.1, 0.15) is 63.4 Å². The maximum atomic E-state index is 4.66. The minimum Gasteiger partial charge on any atom is -0.370 e. The van der Waals surface area contributed by atoms with Gasteiger partial charge in [-0.3, -0.25) is 0 Å². The van der Waals surface area contributed by atoms with Crippen molar-refractivity contribution in [1.29, 1.82) is 0 Å². The molecule has 0 bridgehead atoms. The summed E-state index contributed by atoms with van der Waals surface area (Å²) in [6.07, 6.45) is 5.61. The molecule has 0 amide bonds. The van der Waals surface area contributed by atoms with Gasteiger partial charge < -0.3 is 5.32 Å². The number of nitrogens with zero attached hydrogens (tertiary/aromatic N) is 4. The molecule has 0 saturated heterocycles. The Kier molecular flexibility index (Phi) is 3.90. The molecule has 112 valence electrons. The van der Waals surface area contributed by atoms with E-state index in [1.165, 1.54) is 18.5 Å². The van der Waals surface area contributed by atoms with Crippen molar-refractivity contribution >= 4 is 5.82 Å². The molecule has 0 radical (unpaired) electrons. The van der Waals surface area contributed by atoms with E-state index in [9.17, 15) is 0 Å². The highest BCUT2D eigenvalue weighted by Gasteiger charge is 2.26. The molecule has 5 nitrogen and oxygen atoms in total. The molecule has 3 rings (SSSR count). The Morgan fingerprint density at radius 2 is 2.14 bits per heavy atom. The summed E-state index contributed by atoms with van der Waals surface area (Å²) < 4.78 is 1.87. The smallest absolute Gasteiger partial charge is 0.159 e. The van der Waals surface area contributed by atoms with Gasteiger partial charge in [0, 0.05) is 30.6 Å². The average molecular weight is 285 g/mol. The minimum absolute atomic E-state index is 0.297. The Hall–Kier alpha value is -1.91. The van der Waals surface area contributed by atoms with E-state index in [1.807, 2.05) is 16.9 Å². The van der Waals surface area contributed by atoms with E-state index >= 15 is 0 Å². The molecule has 2 aromatic rings. The Morgan fingerprint density at radius 1 is 1.33 bits per heavy atom. The van der Waals surface area contributed by atoms with Crippen molar-refractivity contribution in [3.05, 3.63) is 29.8 Å². The molecule has 0 spiro atoms. The Balaban J connectivity index is 1.92. The lowest BCUT2D eigenvalue weighted by atomic mass is 10.2. The van der Waals surface area contributed by atoms with E-state index in [1.54, 1.807) is 0 Å². The highest BCUT2D eigenvalue weighted by atomic mass is 15.3. The summed E-state index contributed by atoms with van der Waals surface area (Å²) in [6.45, 7) is 7.29. The van der Waals surface area contributed by atoms with Gasteiger partial charge in [0.2, 0.25) is 0 Å². The summed E-state index contributed by atoms with van der Waals surface area (Å²) in [6, 6.07) is 4.08. The van der Waals surface area contributed by atoms with Gasteiger partial charge in [-0.1, -0.05) is 20.8 Å². The van der Waals surface area contributed by atoms with Crippen LogP contribution in [0.3, 0.4) is 0 Å². The molecular weight excluding hydrogens is 262 g/mol. The van der Waals surface area contributed by atoms with Crippen LogP contribution in [0.25, 0.3) is 5.82 Å². The molecule has 1 aliphatic rings. The van der Waals surface area contributed by atoms with Crippen molar-refractivity contribution in [3.63, 3.8) is 0 Å². The fourth-order valence-corrected chi connectivity index (χ4v) is 2.23. The van der Waals surface area contributed by atoms with Gasteiger partial charge in [-0.2, -0.15) is 5.10 Å². The third-order valence-electron chi connectivity index (χ3n) is 3.64. The summed E-state index contributed by atoms with van der Waals surface area (Å²) in [4.78, 5) is 9.24. The predicted octanol–water partition coefficient (Wildman–Crippen LogP) is 3.49. The van der Waals surface area contributed by atoms with E-state index in [0.29, 0.717) is 11.8 Å². The Labute approximate surface area is 125 Å². The topological polar surface area (TPSA) is 55.6 Å². The van der Waals surface area contributed by atoms with Crippen molar-refractivity contribution in [1.82, 2.24) is 19.7 Å². The zero-order valence-electron chi connectivity index (χ0n) is 13.0. The van der Waals surface area contributed by atoms with Gasteiger partial charge in [0.15, 0.2) is 5.82 Å². The van der Waals surface area contributed by atoms with E-state index in [4.69, 9.17) is 0 Å². The number of rotatable bonds is 6. The summed E-state index contributed by atoms with van der Waals surface area (Å²) in [5.41, 5.74) is 1.18. The third kappa shape index (κ3) is 3.23. The second-order valence-corrected chi connectivity index (χ2v) is 6.01. The maximum Gasteiger partial charge on any atom is 0.159 e. The lowest BCUT2D eigenvalue weighted by Gasteiger charge is -2.11. The van der Waals surface area contributed by atoms with E-state index in [0.717, 1.165) is 30.4 Å². The number of nitrogens with one attached hydrogen (secondary N) is 1. The largest absolute Gasteiger partial charge is 0.370 e. The molecule has 1 saturated carbocycles. The van der Waals surface area contributed by atoms with Gasteiger partial charge in [-0.05, 0) is 25.3 Å². The van der Waals surface area contributed by atoms with Crippen LogP contribution >= 0.6 is 0 Å². The van der Waals surface area contributed by atoms with Gasteiger partial charge in [0.25, 0.3) is 0 Å². The first-order valence-electron chi connectivity index (χ1n) is 7.86. The molecule has 0 aliphatic heterocycles. The van der Waals surface area contributed by atoms with Crippen LogP contribution in [0, 0.1) is 0 Å². The summed E-state index contributed by atoms with van der Waals surface area (Å²) >= 11 is 0. The average Bonchev–Trinajstić information content (AvgIpc) is 3.22. The summed E-state index contributed by atoms with van der Waals surface area (Å²) in [5.74, 6) is 3.55. The quantitative estimate of drug-likeness (QED) is 0.882. The van der Waals surface area contributed by atoms with Gasteiger partial charge in [0.05, 0.1) is 5.69 Å². The highest BCUT2D eigenvalue weighted by Crippen LogP contribution is 2.39. The first-order valence-corrected chi connectivity index (χ1v) is 7.86. The fourth-order valence-electron chi connectivity index (χ4n) is 2.23. The predicted molar refractivity (Wildman–Crippen MR) is 84.0 cm³/mol. The molecular formula is C16H23N5. The van der Waals surface area contributed by atoms with Crippen LogP contribution < -0.4 is 5.32 Å². The minimum atomic E-state index is 0.297. The molecule has 1 fully saturated rings. The second kappa shape index (κ2) is 5.84. The highest BCUT2D eigenvalue weighted by molar-refractivity contribution is 5.42. The van der Waals surface area contributed by atoms with Crippen LogP contribution in [-0.4, -0.2) is 26.3 Å². The lowest BCUT2D eigenvalue weighted by Crippen LogP contribution is -2.10. The summed E-state index contributed by atoms with van der Waals surface area (Å²) in [7, 11) is 0. The zero-order chi connectivity index (χ0) is 14.8. The first kappa shape index (κ1) is 14.0. The number of anilines is 1. The van der Waals surface area contributed by atoms with E-state index in [2.05, 4.69) is 47.2 Å². The molecule has 0 unspecified atom stereocenters. The molecule has 1 aliphatic carbocycles.